The average Bonchev–Trinajstić information content (AvgIpc) is 3.53. The maximum atomic E-state index is 9.72. The minimum atomic E-state index is -0.105. The van der Waals surface area contributed by atoms with Crippen molar-refractivity contribution in [3.8, 4) is 17.6 Å². The van der Waals surface area contributed by atoms with Gasteiger partial charge >= 0.3 is 0 Å². The van der Waals surface area contributed by atoms with Gasteiger partial charge in [0.25, 0.3) is 0 Å². The lowest BCUT2D eigenvalue weighted by atomic mass is 9.85. The van der Waals surface area contributed by atoms with Crippen molar-refractivity contribution >= 4 is 27.8 Å². The van der Waals surface area contributed by atoms with Gasteiger partial charge < -0.3 is 30.3 Å². The van der Waals surface area contributed by atoms with Gasteiger partial charge in [-0.2, -0.15) is 10.2 Å². The topological polar surface area (TPSA) is 123 Å². The summed E-state index contributed by atoms with van der Waals surface area (Å²) in [5.74, 6) is 1.88. The third kappa shape index (κ3) is 4.30. The number of nitrogens with two attached hydrogens (primary N) is 1. The highest BCUT2D eigenvalue weighted by Crippen LogP contribution is 2.44. The lowest BCUT2D eigenvalue weighted by Crippen LogP contribution is -2.45. The number of anilines is 3. The minimum absolute atomic E-state index is 0.105. The molecule has 0 amide bonds. The van der Waals surface area contributed by atoms with Crippen LogP contribution in [-0.2, 0) is 6.42 Å². The van der Waals surface area contributed by atoms with Crippen molar-refractivity contribution < 1.29 is 4.52 Å². The Morgan fingerprint density at radius 2 is 1.92 bits per heavy atom. The molecule has 0 spiro atoms. The number of nitriles is 1. The molecule has 3 aromatic heterocycles. The molecule has 0 bridgehead atoms. The number of nitrogens with one attached hydrogen (secondary N) is 1. The highest BCUT2D eigenvalue weighted by molar-refractivity contribution is 7.16. The van der Waals surface area contributed by atoms with Gasteiger partial charge in [0.2, 0.25) is 11.7 Å². The van der Waals surface area contributed by atoms with E-state index in [0.29, 0.717) is 22.3 Å². The van der Waals surface area contributed by atoms with Crippen molar-refractivity contribution in [1.82, 2.24) is 25.3 Å². The number of nitrogens with zero attached hydrogens (tertiary/aromatic N) is 7. The summed E-state index contributed by atoms with van der Waals surface area (Å²) in [6.07, 6.45) is 2.80. The second-order valence-corrected chi connectivity index (χ2v) is 10.9. The fourth-order valence-electron chi connectivity index (χ4n) is 5.44. The summed E-state index contributed by atoms with van der Waals surface area (Å²) in [6, 6.07) is 6.57. The van der Waals surface area contributed by atoms with E-state index in [2.05, 4.69) is 50.4 Å². The molecule has 1 atom stereocenters. The van der Waals surface area contributed by atoms with E-state index in [4.69, 9.17) is 20.2 Å². The highest BCUT2D eigenvalue weighted by Gasteiger charge is 2.33. The number of pyridine rings is 1. The molecular formula is C25H31N9OS. The Kier molecular flexibility index (Phi) is 6.25. The number of thiophene rings is 1. The molecule has 3 aromatic rings. The van der Waals surface area contributed by atoms with Gasteiger partial charge in [0, 0.05) is 69.0 Å². The maximum absolute atomic E-state index is 9.72. The number of nitrogen functional groups attached to an aromatic ring is 1. The van der Waals surface area contributed by atoms with E-state index in [-0.39, 0.29) is 5.92 Å². The number of fused-ring (bicyclic) bond motifs is 1. The fourth-order valence-corrected chi connectivity index (χ4v) is 6.56. The standard InChI is InChI=1S/C25H31N9OS/c1-32-9-11-34(12-10-32)21-14-16(33-7-5-28-6-8-33)13-19(29-21)24-30-25(35-31-24)17-3-2-4-20-22(17)18(15-26)23(27)36-20/h13-14,17,28H,2-12,27H2,1H3. The van der Waals surface area contributed by atoms with E-state index >= 15 is 0 Å². The Morgan fingerprint density at radius 3 is 2.69 bits per heavy atom. The molecule has 2 fully saturated rings. The molecular weight excluding hydrogens is 474 g/mol. The van der Waals surface area contributed by atoms with Crippen LogP contribution in [0.5, 0.6) is 0 Å². The van der Waals surface area contributed by atoms with Gasteiger partial charge in [-0.15, -0.1) is 11.3 Å². The Balaban J connectivity index is 1.36. The van der Waals surface area contributed by atoms with E-state index in [1.54, 1.807) is 0 Å². The fraction of sp³-hybridized carbons (Fsp3) is 0.520. The predicted molar refractivity (Wildman–Crippen MR) is 141 cm³/mol. The second-order valence-electron chi connectivity index (χ2n) is 9.79. The summed E-state index contributed by atoms with van der Waals surface area (Å²) in [6.45, 7) is 7.72. The molecule has 11 heteroatoms. The Morgan fingerprint density at radius 1 is 1.11 bits per heavy atom. The molecule has 188 valence electrons. The molecule has 1 aliphatic carbocycles. The molecule has 3 aliphatic rings. The van der Waals surface area contributed by atoms with Crippen molar-refractivity contribution in [3.05, 3.63) is 34.0 Å². The number of aromatic nitrogens is 3. The first-order valence-electron chi connectivity index (χ1n) is 12.7. The summed E-state index contributed by atoms with van der Waals surface area (Å²) >= 11 is 1.51. The number of piperazine rings is 2. The minimum Gasteiger partial charge on any atom is -0.389 e. The third-order valence-corrected chi connectivity index (χ3v) is 8.58. The molecule has 2 aliphatic heterocycles. The SMILES string of the molecule is CN1CCN(c2cc(N3CCNCC3)cc(-c3noc(C4CCCc5sc(N)c(C#N)c54)n3)n2)CC1. The summed E-state index contributed by atoms with van der Waals surface area (Å²) in [7, 11) is 2.16. The van der Waals surface area contributed by atoms with Crippen LogP contribution in [0.4, 0.5) is 16.5 Å². The number of aryl methyl sites for hydroxylation is 1. The summed E-state index contributed by atoms with van der Waals surface area (Å²) < 4.78 is 5.82. The van der Waals surface area contributed by atoms with Gasteiger partial charge in [-0.3, -0.25) is 0 Å². The van der Waals surface area contributed by atoms with Crippen LogP contribution in [0.15, 0.2) is 16.7 Å². The number of hydrogen-bond acceptors (Lipinski definition) is 11. The smallest absolute Gasteiger partial charge is 0.234 e. The maximum Gasteiger partial charge on any atom is 0.234 e. The van der Waals surface area contributed by atoms with Gasteiger partial charge in [0.15, 0.2) is 0 Å². The monoisotopic (exact) mass is 505 g/mol. The van der Waals surface area contributed by atoms with Crippen molar-refractivity contribution in [3.63, 3.8) is 0 Å². The molecule has 0 radical (unpaired) electrons. The van der Waals surface area contributed by atoms with Gasteiger partial charge in [-0.05, 0) is 37.9 Å². The zero-order chi connectivity index (χ0) is 24.6. The van der Waals surface area contributed by atoms with Crippen molar-refractivity contribution in [2.24, 2.45) is 0 Å². The van der Waals surface area contributed by atoms with Crippen molar-refractivity contribution in [2.75, 3.05) is 74.9 Å². The zero-order valence-corrected chi connectivity index (χ0v) is 21.4. The van der Waals surface area contributed by atoms with E-state index in [0.717, 1.165) is 99.3 Å². The largest absolute Gasteiger partial charge is 0.389 e. The van der Waals surface area contributed by atoms with Crippen LogP contribution in [0.2, 0.25) is 0 Å². The van der Waals surface area contributed by atoms with E-state index in [1.807, 2.05) is 0 Å². The van der Waals surface area contributed by atoms with Gasteiger partial charge in [0.1, 0.15) is 22.6 Å². The van der Waals surface area contributed by atoms with Crippen LogP contribution in [0.3, 0.4) is 0 Å². The van der Waals surface area contributed by atoms with Crippen molar-refractivity contribution in [2.45, 2.75) is 25.2 Å². The molecule has 2 saturated heterocycles. The molecule has 1 unspecified atom stereocenters. The molecule has 10 nitrogen and oxygen atoms in total. The first-order valence-corrected chi connectivity index (χ1v) is 13.5. The first-order chi connectivity index (χ1) is 17.6. The van der Waals surface area contributed by atoms with Crippen LogP contribution < -0.4 is 20.9 Å². The Hall–Kier alpha value is -3.20. The van der Waals surface area contributed by atoms with Crippen LogP contribution in [0, 0.1) is 11.3 Å². The third-order valence-electron chi connectivity index (χ3n) is 7.48. The Bertz CT molecular complexity index is 1280. The van der Waals surface area contributed by atoms with Crippen LogP contribution in [0.1, 0.15) is 40.7 Å². The summed E-state index contributed by atoms with van der Waals surface area (Å²) in [5.41, 5.74) is 9.55. The summed E-state index contributed by atoms with van der Waals surface area (Å²) in [4.78, 5) is 18.1. The molecule has 3 N–H and O–H groups in total. The molecule has 0 saturated carbocycles. The zero-order valence-electron chi connectivity index (χ0n) is 20.5. The average molecular weight is 506 g/mol. The second kappa shape index (κ2) is 9.69. The highest BCUT2D eigenvalue weighted by atomic mass is 32.1. The molecule has 5 heterocycles. The van der Waals surface area contributed by atoms with E-state index in [1.165, 1.54) is 11.3 Å². The molecule has 36 heavy (non-hydrogen) atoms. The van der Waals surface area contributed by atoms with Crippen LogP contribution in [-0.4, -0.2) is 79.4 Å². The van der Waals surface area contributed by atoms with Crippen LogP contribution in [0.25, 0.3) is 11.5 Å². The Labute approximate surface area is 214 Å². The number of hydrogen-bond donors (Lipinski definition) is 2. The molecule has 0 aromatic carbocycles. The predicted octanol–water partition coefficient (Wildman–Crippen LogP) is 2.28. The first kappa shape index (κ1) is 23.2. The van der Waals surface area contributed by atoms with E-state index < -0.39 is 0 Å². The quantitative estimate of drug-likeness (QED) is 0.546. The molecule has 6 rings (SSSR count). The lowest BCUT2D eigenvalue weighted by Gasteiger charge is -2.35. The number of likely N-dealkylation sites (N-methyl/N-ethyl adjacent to an activating group) is 1. The van der Waals surface area contributed by atoms with Crippen LogP contribution >= 0.6 is 11.3 Å². The lowest BCUT2D eigenvalue weighted by molar-refractivity contribution is 0.312. The van der Waals surface area contributed by atoms with Gasteiger partial charge in [-0.1, -0.05) is 5.16 Å². The van der Waals surface area contributed by atoms with Crippen molar-refractivity contribution in [1.29, 1.82) is 5.26 Å². The normalized spacial score (nSPS) is 20.8. The number of rotatable bonds is 4. The van der Waals surface area contributed by atoms with Gasteiger partial charge in [-0.25, -0.2) is 4.98 Å². The van der Waals surface area contributed by atoms with E-state index in [9.17, 15) is 5.26 Å². The summed E-state index contributed by atoms with van der Waals surface area (Å²) in [5, 5.41) is 18.1. The van der Waals surface area contributed by atoms with Gasteiger partial charge in [0.05, 0.1) is 11.5 Å².